The van der Waals surface area contributed by atoms with Crippen molar-refractivity contribution < 1.29 is 19.4 Å². The summed E-state index contributed by atoms with van der Waals surface area (Å²) in [4.78, 5) is 28.2. The number of carboxylic acid groups (broad SMARTS) is 1. The first-order valence-corrected chi connectivity index (χ1v) is 10.0. The van der Waals surface area contributed by atoms with Crippen LogP contribution >= 0.6 is 11.3 Å². The van der Waals surface area contributed by atoms with Gasteiger partial charge in [-0.25, -0.2) is 9.78 Å². The number of amides is 1. The van der Waals surface area contributed by atoms with Gasteiger partial charge in [0, 0.05) is 11.3 Å². The summed E-state index contributed by atoms with van der Waals surface area (Å²) >= 11 is 1.47. The number of ether oxygens (including phenoxy) is 1. The van der Waals surface area contributed by atoms with Crippen LogP contribution in [0, 0.1) is 6.92 Å². The SMILES string of the molecule is Cc1cccc(C(=O)Nc2ccc(OCC(=O)O)c(-c3nc4ccccc4s3)c2)c1. The van der Waals surface area contributed by atoms with Crippen LogP contribution in [0.4, 0.5) is 5.69 Å². The molecule has 0 radical (unpaired) electrons. The van der Waals surface area contributed by atoms with Crippen LogP contribution in [0.3, 0.4) is 0 Å². The molecule has 1 heterocycles. The molecule has 0 saturated carbocycles. The molecule has 6 nitrogen and oxygen atoms in total. The molecule has 0 atom stereocenters. The minimum atomic E-state index is -1.07. The third kappa shape index (κ3) is 4.31. The normalized spacial score (nSPS) is 10.7. The maximum absolute atomic E-state index is 12.6. The number of hydrogen-bond acceptors (Lipinski definition) is 5. The van der Waals surface area contributed by atoms with Crippen LogP contribution in [0.2, 0.25) is 0 Å². The Kier molecular flexibility index (Phi) is 5.45. The van der Waals surface area contributed by atoms with Crippen molar-refractivity contribution in [1.29, 1.82) is 0 Å². The molecule has 0 unspecified atom stereocenters. The van der Waals surface area contributed by atoms with Gasteiger partial charge in [0.25, 0.3) is 5.91 Å². The molecular formula is C23H18N2O4S. The highest BCUT2D eigenvalue weighted by Crippen LogP contribution is 2.37. The van der Waals surface area contributed by atoms with Crippen LogP contribution in [-0.4, -0.2) is 28.6 Å². The van der Waals surface area contributed by atoms with E-state index in [4.69, 9.17) is 9.84 Å². The average Bonchev–Trinajstić information content (AvgIpc) is 3.17. The van der Waals surface area contributed by atoms with E-state index in [0.717, 1.165) is 15.8 Å². The summed E-state index contributed by atoms with van der Waals surface area (Å²) in [5.41, 5.74) is 3.59. The first-order valence-electron chi connectivity index (χ1n) is 9.22. The third-order valence-corrected chi connectivity index (χ3v) is 5.46. The number of aliphatic carboxylic acids is 1. The van der Waals surface area contributed by atoms with Gasteiger partial charge in [0.05, 0.1) is 15.8 Å². The molecule has 0 aliphatic carbocycles. The van der Waals surface area contributed by atoms with Crippen LogP contribution in [0.1, 0.15) is 15.9 Å². The largest absolute Gasteiger partial charge is 0.481 e. The van der Waals surface area contributed by atoms with E-state index in [1.807, 2.05) is 49.4 Å². The van der Waals surface area contributed by atoms with Gasteiger partial charge >= 0.3 is 5.97 Å². The molecule has 0 saturated heterocycles. The smallest absolute Gasteiger partial charge is 0.341 e. The Balaban J connectivity index is 1.70. The van der Waals surface area contributed by atoms with Gasteiger partial charge in [-0.3, -0.25) is 4.79 Å². The van der Waals surface area contributed by atoms with E-state index < -0.39 is 12.6 Å². The number of thiazole rings is 1. The standard InChI is InChI=1S/C23H18N2O4S/c1-14-5-4-6-15(11-14)22(28)24-16-9-10-19(29-13-21(26)27)17(12-16)23-25-18-7-2-3-8-20(18)30-23/h2-12H,13H2,1H3,(H,24,28)(H,26,27). The molecule has 0 aliphatic rings. The number of aryl methyl sites for hydroxylation is 1. The second-order valence-electron chi connectivity index (χ2n) is 6.70. The molecule has 0 aliphatic heterocycles. The predicted molar refractivity (Wildman–Crippen MR) is 117 cm³/mol. The van der Waals surface area contributed by atoms with Gasteiger partial charge in [0.2, 0.25) is 0 Å². The van der Waals surface area contributed by atoms with Crippen molar-refractivity contribution in [2.75, 3.05) is 11.9 Å². The number of para-hydroxylation sites is 1. The summed E-state index contributed by atoms with van der Waals surface area (Å²) in [5, 5.41) is 12.5. The number of aromatic nitrogens is 1. The average molecular weight is 418 g/mol. The molecule has 7 heteroatoms. The van der Waals surface area contributed by atoms with Crippen LogP contribution in [0.25, 0.3) is 20.8 Å². The minimum absolute atomic E-state index is 0.229. The molecule has 4 aromatic rings. The van der Waals surface area contributed by atoms with Gasteiger partial charge in [0.15, 0.2) is 6.61 Å². The zero-order chi connectivity index (χ0) is 21.1. The summed E-state index contributed by atoms with van der Waals surface area (Å²) in [6.45, 7) is 1.46. The molecule has 30 heavy (non-hydrogen) atoms. The van der Waals surface area contributed by atoms with Crippen molar-refractivity contribution in [3.05, 3.63) is 77.9 Å². The lowest BCUT2D eigenvalue weighted by atomic mass is 10.1. The number of rotatable bonds is 6. The number of benzene rings is 3. The Morgan fingerprint density at radius 3 is 2.67 bits per heavy atom. The van der Waals surface area contributed by atoms with Crippen molar-refractivity contribution in [3.63, 3.8) is 0 Å². The summed E-state index contributed by atoms with van der Waals surface area (Å²) in [6.07, 6.45) is 0. The zero-order valence-corrected chi connectivity index (χ0v) is 16.9. The quantitative estimate of drug-likeness (QED) is 0.461. The molecule has 0 bridgehead atoms. The van der Waals surface area contributed by atoms with Crippen molar-refractivity contribution in [2.45, 2.75) is 6.92 Å². The van der Waals surface area contributed by atoms with Crippen molar-refractivity contribution in [3.8, 4) is 16.3 Å². The molecule has 3 aromatic carbocycles. The highest BCUT2D eigenvalue weighted by molar-refractivity contribution is 7.21. The number of carboxylic acids is 1. The lowest BCUT2D eigenvalue weighted by molar-refractivity contribution is -0.139. The van der Waals surface area contributed by atoms with Gasteiger partial charge in [-0.1, -0.05) is 29.8 Å². The fourth-order valence-corrected chi connectivity index (χ4v) is 4.00. The Bertz CT molecular complexity index is 1220. The molecular weight excluding hydrogens is 400 g/mol. The zero-order valence-electron chi connectivity index (χ0n) is 16.1. The lowest BCUT2D eigenvalue weighted by Crippen LogP contribution is -2.13. The van der Waals surface area contributed by atoms with Gasteiger partial charge < -0.3 is 15.2 Å². The summed E-state index contributed by atoms with van der Waals surface area (Å²) < 4.78 is 6.47. The first-order chi connectivity index (χ1) is 14.5. The number of anilines is 1. The summed E-state index contributed by atoms with van der Waals surface area (Å²) in [6, 6.07) is 20.1. The minimum Gasteiger partial charge on any atom is -0.481 e. The van der Waals surface area contributed by atoms with E-state index in [0.29, 0.717) is 27.6 Å². The Hall–Kier alpha value is -3.71. The second kappa shape index (κ2) is 8.34. The van der Waals surface area contributed by atoms with E-state index in [9.17, 15) is 9.59 Å². The van der Waals surface area contributed by atoms with Gasteiger partial charge in [-0.2, -0.15) is 0 Å². The number of fused-ring (bicyclic) bond motifs is 1. The monoisotopic (exact) mass is 418 g/mol. The number of nitrogens with zero attached hydrogens (tertiary/aromatic N) is 1. The van der Waals surface area contributed by atoms with Crippen LogP contribution in [-0.2, 0) is 4.79 Å². The number of carbonyl (C=O) groups is 2. The Morgan fingerprint density at radius 1 is 1.07 bits per heavy atom. The van der Waals surface area contributed by atoms with Gasteiger partial charge in [-0.05, 0) is 49.4 Å². The van der Waals surface area contributed by atoms with E-state index >= 15 is 0 Å². The molecule has 0 spiro atoms. The predicted octanol–water partition coefficient (Wildman–Crippen LogP) is 4.99. The van der Waals surface area contributed by atoms with E-state index in [1.165, 1.54) is 11.3 Å². The van der Waals surface area contributed by atoms with Crippen molar-refractivity contribution >= 4 is 39.1 Å². The maximum atomic E-state index is 12.6. The molecule has 0 fully saturated rings. The summed E-state index contributed by atoms with van der Waals surface area (Å²) in [5.74, 6) is -0.903. The van der Waals surface area contributed by atoms with Crippen LogP contribution in [0.5, 0.6) is 5.75 Å². The molecule has 4 rings (SSSR count). The number of carbonyl (C=O) groups excluding carboxylic acids is 1. The van der Waals surface area contributed by atoms with Crippen LogP contribution < -0.4 is 10.1 Å². The van der Waals surface area contributed by atoms with Gasteiger partial charge in [-0.15, -0.1) is 11.3 Å². The second-order valence-corrected chi connectivity index (χ2v) is 7.73. The van der Waals surface area contributed by atoms with Crippen LogP contribution in [0.15, 0.2) is 66.7 Å². The van der Waals surface area contributed by atoms with E-state index in [1.54, 1.807) is 24.3 Å². The molecule has 150 valence electrons. The Labute approximate surface area is 176 Å². The van der Waals surface area contributed by atoms with E-state index in [-0.39, 0.29) is 5.91 Å². The highest BCUT2D eigenvalue weighted by atomic mass is 32.1. The summed E-state index contributed by atoms with van der Waals surface area (Å²) in [7, 11) is 0. The maximum Gasteiger partial charge on any atom is 0.341 e. The molecule has 1 aromatic heterocycles. The highest BCUT2D eigenvalue weighted by Gasteiger charge is 2.15. The molecule has 2 N–H and O–H groups in total. The lowest BCUT2D eigenvalue weighted by Gasteiger charge is -2.12. The third-order valence-electron chi connectivity index (χ3n) is 4.39. The van der Waals surface area contributed by atoms with Crippen molar-refractivity contribution in [1.82, 2.24) is 4.98 Å². The Morgan fingerprint density at radius 2 is 1.90 bits per heavy atom. The number of hydrogen-bond donors (Lipinski definition) is 2. The van der Waals surface area contributed by atoms with Gasteiger partial charge in [0.1, 0.15) is 10.8 Å². The fourth-order valence-electron chi connectivity index (χ4n) is 3.02. The van der Waals surface area contributed by atoms with Crippen molar-refractivity contribution in [2.24, 2.45) is 0 Å². The topological polar surface area (TPSA) is 88.5 Å². The first kappa shape index (κ1) is 19.6. The van der Waals surface area contributed by atoms with E-state index in [2.05, 4.69) is 10.3 Å². The molecule has 1 amide bonds. The number of nitrogens with one attached hydrogen (secondary N) is 1. The fraction of sp³-hybridized carbons (Fsp3) is 0.0870.